The first-order valence-electron chi connectivity index (χ1n) is 11.9. The molecule has 29 heavy (non-hydrogen) atoms. The van der Waals surface area contributed by atoms with Crippen LogP contribution in [0.15, 0.2) is 0 Å². The van der Waals surface area contributed by atoms with Gasteiger partial charge in [0.25, 0.3) is 0 Å². The molecule has 0 aromatic rings. The third-order valence-electron chi connectivity index (χ3n) is 5.78. The topological polar surface area (TPSA) is 27.7 Å². The summed E-state index contributed by atoms with van der Waals surface area (Å²) in [7, 11) is -4.06. The van der Waals surface area contributed by atoms with Crippen LogP contribution in [0.5, 0.6) is 0 Å². The molecule has 0 saturated heterocycles. The summed E-state index contributed by atoms with van der Waals surface area (Å²) in [5.74, 6) is 1.14. The van der Waals surface area contributed by atoms with Crippen LogP contribution < -0.4 is 0 Å². The maximum atomic E-state index is 6.49. The van der Waals surface area contributed by atoms with Crippen LogP contribution in [0, 0.1) is 5.41 Å². The van der Waals surface area contributed by atoms with Crippen molar-refractivity contribution in [2.45, 2.75) is 118 Å². The van der Waals surface area contributed by atoms with E-state index in [2.05, 4.69) is 79.7 Å². The second-order valence-corrected chi connectivity index (χ2v) is 22.3. The van der Waals surface area contributed by atoms with Gasteiger partial charge in [0.1, 0.15) is 7.22 Å². The molecule has 0 unspecified atom stereocenters. The molecule has 0 aromatic heterocycles. The Balaban J connectivity index is 5.35. The van der Waals surface area contributed by atoms with Gasteiger partial charge in [0.15, 0.2) is 0 Å². The summed E-state index contributed by atoms with van der Waals surface area (Å²) in [6, 6.07) is 0.915. The summed E-state index contributed by atoms with van der Waals surface area (Å²) in [6.07, 6.45) is 6.63. The number of unbranched alkanes of at least 4 members (excludes halogenated alkanes) is 3. The molecule has 0 spiro atoms. The maximum Gasteiger partial charge on any atom is 0.501 e. The van der Waals surface area contributed by atoms with E-state index >= 15 is 0 Å². The lowest BCUT2D eigenvalue weighted by molar-refractivity contribution is 0.0491. The quantitative estimate of drug-likeness (QED) is 0.160. The van der Waals surface area contributed by atoms with Gasteiger partial charge in [-0.25, -0.2) is 0 Å². The molecule has 0 heterocycles. The SMILES string of the molecule is CCCCO[Si](CC(C)(C)CS[Si](C)(C)C(C)(C)C)(OCCCC)OCCCC. The smallest absolute Gasteiger partial charge is 0.373 e. The summed E-state index contributed by atoms with van der Waals surface area (Å²) in [5, 5.41) is 0.398. The van der Waals surface area contributed by atoms with Gasteiger partial charge in [-0.15, -0.1) is 0 Å². The summed E-state index contributed by atoms with van der Waals surface area (Å²) in [5.41, 5.74) is 0.136. The molecular formula is C23H52O3SSi2. The molecule has 176 valence electrons. The highest BCUT2D eigenvalue weighted by atomic mass is 32.4. The Morgan fingerprint density at radius 2 is 1.07 bits per heavy atom. The molecule has 0 aliphatic carbocycles. The van der Waals surface area contributed by atoms with Crippen molar-refractivity contribution in [3.05, 3.63) is 0 Å². The van der Waals surface area contributed by atoms with E-state index in [9.17, 15) is 0 Å². The van der Waals surface area contributed by atoms with Gasteiger partial charge >= 0.3 is 8.80 Å². The van der Waals surface area contributed by atoms with Crippen molar-refractivity contribution in [1.82, 2.24) is 0 Å². The van der Waals surface area contributed by atoms with Crippen LogP contribution in [0.2, 0.25) is 24.2 Å². The summed E-state index contributed by atoms with van der Waals surface area (Å²) >= 11 is 2.21. The van der Waals surface area contributed by atoms with E-state index in [0.29, 0.717) is 5.04 Å². The monoisotopic (exact) mass is 464 g/mol. The predicted octanol–water partition coefficient (Wildman–Crippen LogP) is 8.14. The lowest BCUT2D eigenvalue weighted by Crippen LogP contribution is -2.50. The van der Waals surface area contributed by atoms with Gasteiger partial charge in [-0.2, -0.15) is 11.2 Å². The van der Waals surface area contributed by atoms with Crippen molar-refractivity contribution in [2.24, 2.45) is 5.41 Å². The van der Waals surface area contributed by atoms with Crippen LogP contribution in [0.3, 0.4) is 0 Å². The third kappa shape index (κ3) is 12.3. The third-order valence-corrected chi connectivity index (χ3v) is 18.8. The largest absolute Gasteiger partial charge is 0.501 e. The molecule has 0 N–H and O–H groups in total. The Morgan fingerprint density at radius 3 is 1.38 bits per heavy atom. The lowest BCUT2D eigenvalue weighted by atomic mass is 10.00. The van der Waals surface area contributed by atoms with Gasteiger partial charge in [0.05, 0.1) is 0 Å². The number of rotatable bonds is 17. The maximum absolute atomic E-state index is 6.49. The molecule has 0 atom stereocenters. The van der Waals surface area contributed by atoms with E-state index in [1.807, 2.05) is 0 Å². The molecule has 0 saturated carbocycles. The first-order chi connectivity index (χ1) is 13.3. The molecule has 0 fully saturated rings. The van der Waals surface area contributed by atoms with Crippen LogP contribution >= 0.6 is 11.2 Å². The highest BCUT2D eigenvalue weighted by Gasteiger charge is 2.47. The fourth-order valence-electron chi connectivity index (χ4n) is 2.62. The molecule has 0 radical (unpaired) electrons. The fraction of sp³-hybridized carbons (Fsp3) is 1.00. The molecule has 0 aromatic carbocycles. The van der Waals surface area contributed by atoms with Crippen molar-refractivity contribution in [2.75, 3.05) is 25.6 Å². The van der Waals surface area contributed by atoms with E-state index in [0.717, 1.165) is 70.1 Å². The Labute approximate surface area is 189 Å². The molecule has 0 rings (SSSR count). The standard InChI is InChI=1S/C23H52O3SSi2/c1-11-14-17-24-29(25-18-15-12-2,26-19-16-13-3)21-23(7,8)20-27-28(9,10)22(4,5)6/h11-21H2,1-10H3. The molecule has 0 aliphatic heterocycles. The van der Waals surface area contributed by atoms with Crippen molar-refractivity contribution >= 4 is 27.2 Å². The van der Waals surface area contributed by atoms with E-state index < -0.39 is 16.0 Å². The zero-order valence-corrected chi connectivity index (χ0v) is 24.2. The van der Waals surface area contributed by atoms with Crippen molar-refractivity contribution in [3.8, 4) is 0 Å². The first-order valence-corrected chi connectivity index (χ1v) is 18.5. The van der Waals surface area contributed by atoms with Crippen LogP contribution in [-0.4, -0.2) is 41.6 Å². The average Bonchev–Trinajstić information content (AvgIpc) is 2.60. The van der Waals surface area contributed by atoms with Crippen LogP contribution in [0.4, 0.5) is 0 Å². The Bertz CT molecular complexity index is 396. The van der Waals surface area contributed by atoms with Gasteiger partial charge in [-0.3, -0.25) is 0 Å². The van der Waals surface area contributed by atoms with E-state index in [-0.39, 0.29) is 5.41 Å². The van der Waals surface area contributed by atoms with Gasteiger partial charge in [-0.1, -0.05) is 87.7 Å². The van der Waals surface area contributed by atoms with E-state index in [1.165, 1.54) is 0 Å². The van der Waals surface area contributed by atoms with E-state index in [4.69, 9.17) is 13.3 Å². The molecule has 6 heteroatoms. The zero-order valence-electron chi connectivity index (χ0n) is 21.4. The summed E-state index contributed by atoms with van der Waals surface area (Å²) in [6.45, 7) is 25.9. The predicted molar refractivity (Wildman–Crippen MR) is 137 cm³/mol. The van der Waals surface area contributed by atoms with Gasteiger partial charge in [-0.05, 0) is 35.5 Å². The van der Waals surface area contributed by atoms with Crippen LogP contribution in [0.1, 0.15) is 93.9 Å². The number of hydrogen-bond acceptors (Lipinski definition) is 4. The summed E-state index contributed by atoms with van der Waals surface area (Å²) < 4.78 is 19.5. The second-order valence-electron chi connectivity index (χ2n) is 10.7. The Hall–Kier alpha value is 0.664. The Morgan fingerprint density at radius 1 is 0.690 bits per heavy atom. The molecule has 0 aliphatic rings. The highest BCUT2D eigenvalue weighted by molar-refractivity contribution is 8.29. The number of hydrogen-bond donors (Lipinski definition) is 0. The fourth-order valence-corrected chi connectivity index (χ4v) is 10.9. The van der Waals surface area contributed by atoms with Crippen molar-refractivity contribution in [3.63, 3.8) is 0 Å². The molecule has 3 nitrogen and oxygen atoms in total. The summed E-state index contributed by atoms with van der Waals surface area (Å²) in [4.78, 5) is 0. The highest BCUT2D eigenvalue weighted by Crippen LogP contribution is 2.46. The van der Waals surface area contributed by atoms with Gasteiger partial charge in [0, 0.05) is 25.9 Å². The second kappa shape index (κ2) is 13.9. The average molecular weight is 465 g/mol. The first kappa shape index (κ1) is 29.7. The lowest BCUT2D eigenvalue weighted by Gasteiger charge is -2.40. The molecule has 0 amide bonds. The van der Waals surface area contributed by atoms with Crippen molar-refractivity contribution < 1.29 is 13.3 Å². The van der Waals surface area contributed by atoms with Crippen LogP contribution in [0.25, 0.3) is 0 Å². The van der Waals surface area contributed by atoms with Crippen molar-refractivity contribution in [1.29, 1.82) is 0 Å². The minimum atomic E-state index is -2.68. The minimum Gasteiger partial charge on any atom is -0.373 e. The molecular weight excluding hydrogens is 412 g/mol. The van der Waals surface area contributed by atoms with Gasteiger partial charge in [0.2, 0.25) is 0 Å². The van der Waals surface area contributed by atoms with Crippen LogP contribution in [-0.2, 0) is 13.3 Å². The minimum absolute atomic E-state index is 0.136. The molecule has 0 bridgehead atoms. The van der Waals surface area contributed by atoms with E-state index in [1.54, 1.807) is 0 Å². The zero-order chi connectivity index (χ0) is 22.6. The normalized spacial score (nSPS) is 13.9. The Kier molecular flexibility index (Phi) is 14.3. The van der Waals surface area contributed by atoms with Gasteiger partial charge < -0.3 is 13.3 Å².